The monoisotopic (exact) mass is 368 g/mol. The van der Waals surface area contributed by atoms with Gasteiger partial charge in [0, 0.05) is 29.8 Å². The van der Waals surface area contributed by atoms with Crippen molar-refractivity contribution in [3.8, 4) is 0 Å². The molecule has 3 atom stereocenters. The molecule has 0 radical (unpaired) electrons. The van der Waals surface area contributed by atoms with Crippen LogP contribution < -0.4 is 0 Å². The van der Waals surface area contributed by atoms with E-state index in [0.717, 1.165) is 24.4 Å². The van der Waals surface area contributed by atoms with Gasteiger partial charge in [0.05, 0.1) is 23.1 Å². The largest absolute Gasteiger partial charge is 0.355 e. The van der Waals surface area contributed by atoms with E-state index in [0.29, 0.717) is 0 Å². The van der Waals surface area contributed by atoms with Crippen molar-refractivity contribution in [1.82, 2.24) is 19.9 Å². The second-order valence-corrected chi connectivity index (χ2v) is 7.41. The molecule has 28 heavy (non-hydrogen) atoms. The van der Waals surface area contributed by atoms with Gasteiger partial charge in [-0.3, -0.25) is 14.9 Å². The minimum Gasteiger partial charge on any atom is -0.355 e. The van der Waals surface area contributed by atoms with Gasteiger partial charge in [-0.05, 0) is 42.3 Å². The summed E-state index contributed by atoms with van der Waals surface area (Å²) in [5, 5.41) is 1.30. The van der Waals surface area contributed by atoms with E-state index in [1.54, 1.807) is 0 Å². The Bertz CT molecular complexity index is 1130. The summed E-state index contributed by atoms with van der Waals surface area (Å²) < 4.78 is 6.67. The van der Waals surface area contributed by atoms with Crippen molar-refractivity contribution >= 4 is 10.9 Å². The molecule has 4 aromatic rings. The smallest absolute Gasteiger partial charge is 0.153 e. The fourth-order valence-electron chi connectivity index (χ4n) is 4.69. The molecule has 1 N–H and O–H groups in total. The molecule has 0 saturated carbocycles. The van der Waals surface area contributed by atoms with Crippen molar-refractivity contribution in [2.45, 2.75) is 24.8 Å². The second kappa shape index (κ2) is 6.26. The molecular weight excluding hydrogens is 348 g/mol. The lowest BCUT2D eigenvalue weighted by molar-refractivity contribution is -0.0114. The number of aromatic nitrogens is 3. The van der Waals surface area contributed by atoms with Gasteiger partial charge in [-0.15, -0.1) is 0 Å². The van der Waals surface area contributed by atoms with Crippen LogP contribution in [-0.4, -0.2) is 26.4 Å². The molecule has 2 aliphatic rings. The van der Waals surface area contributed by atoms with Gasteiger partial charge in [0.15, 0.2) is 6.23 Å². The number of ether oxygens (including phenoxy) is 1. The Morgan fingerprint density at radius 1 is 0.893 bits per heavy atom. The Morgan fingerprint density at radius 3 is 2.43 bits per heavy atom. The molecule has 0 amide bonds. The van der Waals surface area contributed by atoms with Crippen molar-refractivity contribution in [1.29, 1.82) is 0 Å². The minimum atomic E-state index is -0.154. The first kappa shape index (κ1) is 16.0. The van der Waals surface area contributed by atoms with Gasteiger partial charge in [-0.2, -0.15) is 0 Å². The van der Waals surface area contributed by atoms with Crippen molar-refractivity contribution in [3.05, 3.63) is 95.7 Å². The number of hydrogen-bond acceptors (Lipinski definition) is 4. The average Bonchev–Trinajstić information content (AvgIpc) is 3.33. The highest BCUT2D eigenvalue weighted by atomic mass is 16.5. The summed E-state index contributed by atoms with van der Waals surface area (Å²) in [6.07, 6.45) is 4.42. The summed E-state index contributed by atoms with van der Waals surface area (Å²) in [4.78, 5) is 15.3. The molecule has 5 heteroatoms. The Balaban J connectivity index is 1.49. The molecule has 1 fully saturated rings. The lowest BCUT2D eigenvalue weighted by atomic mass is 9.98. The van der Waals surface area contributed by atoms with E-state index in [-0.39, 0.29) is 18.4 Å². The van der Waals surface area contributed by atoms with Crippen molar-refractivity contribution in [2.75, 3.05) is 6.54 Å². The molecule has 5 heterocycles. The van der Waals surface area contributed by atoms with Crippen molar-refractivity contribution < 1.29 is 4.74 Å². The molecule has 0 aliphatic carbocycles. The van der Waals surface area contributed by atoms with E-state index in [1.807, 2.05) is 42.7 Å². The van der Waals surface area contributed by atoms with Crippen LogP contribution in [0.3, 0.4) is 0 Å². The third-order valence-corrected chi connectivity index (χ3v) is 5.90. The minimum absolute atomic E-state index is 0.0423. The first-order chi connectivity index (χ1) is 13.9. The maximum absolute atomic E-state index is 6.67. The maximum Gasteiger partial charge on any atom is 0.153 e. The normalized spacial score (nSPS) is 24.2. The van der Waals surface area contributed by atoms with Crippen LogP contribution in [0.2, 0.25) is 0 Å². The molecule has 0 spiro atoms. The van der Waals surface area contributed by atoms with E-state index in [4.69, 9.17) is 4.74 Å². The highest BCUT2D eigenvalue weighted by molar-refractivity contribution is 5.85. The van der Waals surface area contributed by atoms with Crippen molar-refractivity contribution in [2.24, 2.45) is 0 Å². The quantitative estimate of drug-likeness (QED) is 0.572. The average molecular weight is 368 g/mol. The zero-order valence-corrected chi connectivity index (χ0v) is 15.3. The van der Waals surface area contributed by atoms with Crippen LogP contribution in [-0.2, 0) is 11.2 Å². The first-order valence-corrected chi connectivity index (χ1v) is 9.73. The second-order valence-electron chi connectivity index (χ2n) is 7.41. The number of para-hydroxylation sites is 1. The van der Waals surface area contributed by atoms with Crippen LogP contribution in [0.4, 0.5) is 0 Å². The summed E-state index contributed by atoms with van der Waals surface area (Å²) in [7, 11) is 0. The Hall–Kier alpha value is -3.02. The molecule has 6 rings (SSSR count). The van der Waals surface area contributed by atoms with Gasteiger partial charge < -0.3 is 9.72 Å². The van der Waals surface area contributed by atoms with E-state index in [9.17, 15) is 0 Å². The number of H-pyrrole nitrogens is 1. The number of aromatic amines is 1. The molecule has 0 unspecified atom stereocenters. The van der Waals surface area contributed by atoms with E-state index in [1.165, 1.54) is 22.2 Å². The van der Waals surface area contributed by atoms with Gasteiger partial charge in [0.25, 0.3) is 0 Å². The summed E-state index contributed by atoms with van der Waals surface area (Å²) in [6, 6.07) is 20.7. The first-order valence-electron chi connectivity index (χ1n) is 9.73. The molecular formula is C23H20N4O. The number of rotatable bonds is 2. The number of nitrogens with one attached hydrogen (secondary N) is 1. The third kappa shape index (κ3) is 2.33. The highest BCUT2D eigenvalue weighted by Crippen LogP contribution is 2.52. The molecule has 2 aliphatic heterocycles. The van der Waals surface area contributed by atoms with Crippen LogP contribution in [0.25, 0.3) is 10.9 Å². The number of benzene rings is 1. The number of nitrogens with zero attached hydrogens (tertiary/aromatic N) is 3. The highest BCUT2D eigenvalue weighted by Gasteiger charge is 2.48. The van der Waals surface area contributed by atoms with Crippen LogP contribution in [0, 0.1) is 0 Å². The number of fused-ring (bicyclic) bond motifs is 5. The molecule has 3 aromatic heterocycles. The zero-order valence-electron chi connectivity index (χ0n) is 15.3. The molecule has 1 aromatic carbocycles. The fourth-order valence-corrected chi connectivity index (χ4v) is 4.69. The zero-order chi connectivity index (χ0) is 18.5. The standard InChI is InChI=1S/C23H20N4O/c1-2-8-17-15(7-1)16-11-14-27-21(18-9-3-5-12-24-18)22(19-10-4-6-13-25-19)28-23(27)20(16)26-17/h1-10,12-13,21-23,26H,11,14H2/t21-,22-,23+/m0/s1. The third-order valence-electron chi connectivity index (χ3n) is 5.90. The summed E-state index contributed by atoms with van der Waals surface area (Å²) in [5.74, 6) is 0. The van der Waals surface area contributed by atoms with E-state index in [2.05, 4.69) is 50.2 Å². The van der Waals surface area contributed by atoms with Crippen LogP contribution in [0.15, 0.2) is 73.1 Å². The predicted octanol–water partition coefficient (Wildman–Crippen LogP) is 4.33. The van der Waals surface area contributed by atoms with E-state index < -0.39 is 0 Å². The van der Waals surface area contributed by atoms with Gasteiger partial charge in [-0.25, -0.2) is 0 Å². The molecule has 138 valence electrons. The Morgan fingerprint density at radius 2 is 1.64 bits per heavy atom. The molecule has 1 saturated heterocycles. The van der Waals surface area contributed by atoms with Crippen LogP contribution in [0.1, 0.15) is 41.0 Å². The molecule has 5 nitrogen and oxygen atoms in total. The van der Waals surface area contributed by atoms with E-state index >= 15 is 0 Å². The van der Waals surface area contributed by atoms with Gasteiger partial charge >= 0.3 is 0 Å². The molecule has 0 bridgehead atoms. The van der Waals surface area contributed by atoms with Gasteiger partial charge in [-0.1, -0.05) is 30.3 Å². The SMILES string of the molecule is c1ccc([C@@H]2O[C@@H]3c4[nH]c5ccccc5c4CCN3[C@H]2c2ccccn2)nc1. The maximum atomic E-state index is 6.67. The fraction of sp³-hybridized carbons (Fsp3) is 0.217. The van der Waals surface area contributed by atoms with Crippen LogP contribution in [0.5, 0.6) is 0 Å². The lowest BCUT2D eigenvalue weighted by Crippen LogP contribution is -2.34. The Kier molecular flexibility index (Phi) is 3.57. The predicted molar refractivity (Wildman–Crippen MR) is 106 cm³/mol. The number of pyridine rings is 2. The van der Waals surface area contributed by atoms with Gasteiger partial charge in [0.2, 0.25) is 0 Å². The summed E-state index contributed by atoms with van der Waals surface area (Å²) >= 11 is 0. The summed E-state index contributed by atoms with van der Waals surface area (Å²) in [5.41, 5.74) is 5.70. The summed E-state index contributed by atoms with van der Waals surface area (Å²) in [6.45, 7) is 0.935. The number of hydrogen-bond donors (Lipinski definition) is 1. The Labute approximate surface area is 163 Å². The topological polar surface area (TPSA) is 54.0 Å². The lowest BCUT2D eigenvalue weighted by Gasteiger charge is -2.32. The van der Waals surface area contributed by atoms with Crippen molar-refractivity contribution in [3.63, 3.8) is 0 Å². The van der Waals surface area contributed by atoms with Crippen LogP contribution >= 0.6 is 0 Å². The van der Waals surface area contributed by atoms with Gasteiger partial charge in [0.1, 0.15) is 6.10 Å².